The second-order valence-electron chi connectivity index (χ2n) is 5.54. The van der Waals surface area contributed by atoms with Crippen molar-refractivity contribution >= 4 is 17.8 Å². The highest BCUT2D eigenvalue weighted by Gasteiger charge is 2.30. The molecule has 6 nitrogen and oxygen atoms in total. The van der Waals surface area contributed by atoms with Crippen LogP contribution in [-0.2, 0) is 4.79 Å². The minimum Gasteiger partial charge on any atom is -0.497 e. The predicted molar refractivity (Wildman–Crippen MR) is 91.8 cm³/mol. The van der Waals surface area contributed by atoms with E-state index in [2.05, 4.69) is 0 Å². The number of amides is 1. The van der Waals surface area contributed by atoms with Crippen LogP contribution in [0.5, 0.6) is 17.2 Å². The van der Waals surface area contributed by atoms with Gasteiger partial charge in [0.1, 0.15) is 17.2 Å². The minimum atomic E-state index is -0.574. The largest absolute Gasteiger partial charge is 0.497 e. The fourth-order valence-corrected chi connectivity index (χ4v) is 2.56. The molecule has 0 fully saturated rings. The van der Waals surface area contributed by atoms with Crippen molar-refractivity contribution in [1.29, 1.82) is 0 Å². The first-order valence-electron chi connectivity index (χ1n) is 7.62. The number of hydrogen-bond donors (Lipinski definition) is 1. The molecule has 0 saturated heterocycles. The van der Waals surface area contributed by atoms with E-state index in [1.165, 1.54) is 0 Å². The Balaban J connectivity index is 1.91. The third-order valence-electron chi connectivity index (χ3n) is 3.80. The van der Waals surface area contributed by atoms with Crippen molar-refractivity contribution in [3.05, 3.63) is 58.8 Å². The summed E-state index contributed by atoms with van der Waals surface area (Å²) in [7, 11) is 1.58. The van der Waals surface area contributed by atoms with Gasteiger partial charge in [-0.2, -0.15) is 0 Å². The van der Waals surface area contributed by atoms with Gasteiger partial charge in [-0.3, -0.25) is 9.59 Å². The summed E-state index contributed by atoms with van der Waals surface area (Å²) in [6.45, 7) is 1.52. The van der Waals surface area contributed by atoms with E-state index in [0.717, 1.165) is 5.56 Å². The van der Waals surface area contributed by atoms with E-state index in [1.807, 2.05) is 18.2 Å². The maximum atomic E-state index is 12.5. The zero-order chi connectivity index (χ0) is 18.0. The third kappa shape index (κ3) is 3.33. The molecule has 1 aliphatic heterocycles. The van der Waals surface area contributed by atoms with Crippen molar-refractivity contribution in [2.24, 2.45) is 5.73 Å². The second-order valence-corrected chi connectivity index (χ2v) is 5.54. The van der Waals surface area contributed by atoms with E-state index in [4.69, 9.17) is 19.9 Å². The number of fused-ring (bicyclic) bond motifs is 1. The average Bonchev–Trinajstić information content (AvgIpc) is 2.91. The molecule has 0 aliphatic carbocycles. The third-order valence-corrected chi connectivity index (χ3v) is 3.80. The molecular formula is C19H17NO5. The van der Waals surface area contributed by atoms with Gasteiger partial charge in [-0.25, -0.2) is 0 Å². The van der Waals surface area contributed by atoms with Gasteiger partial charge in [0.05, 0.1) is 12.7 Å². The molecule has 3 rings (SSSR count). The molecule has 0 unspecified atom stereocenters. The van der Waals surface area contributed by atoms with Crippen molar-refractivity contribution in [2.45, 2.75) is 6.92 Å². The standard InChI is InChI=1S/C19H17NO5/c1-11-15(24-10-17(20)21)7-6-14-18(22)16(25-19(11)14)9-12-4-3-5-13(8-12)23-2/h3-9H,10H2,1-2H3,(H2,20,21)/b16-9-. The monoisotopic (exact) mass is 339 g/mol. The van der Waals surface area contributed by atoms with Crippen LogP contribution in [0.3, 0.4) is 0 Å². The second kappa shape index (κ2) is 6.68. The lowest BCUT2D eigenvalue weighted by atomic mass is 10.1. The van der Waals surface area contributed by atoms with Gasteiger partial charge in [-0.05, 0) is 42.8 Å². The molecule has 2 aromatic carbocycles. The first-order chi connectivity index (χ1) is 12.0. The molecule has 2 N–H and O–H groups in total. The number of primary amides is 1. The van der Waals surface area contributed by atoms with Gasteiger partial charge in [0.25, 0.3) is 5.91 Å². The van der Waals surface area contributed by atoms with Crippen molar-refractivity contribution < 1.29 is 23.8 Å². The van der Waals surface area contributed by atoms with Crippen LogP contribution in [-0.4, -0.2) is 25.4 Å². The number of Topliss-reactive ketones (excluding diaryl/α,β-unsaturated/α-hetero) is 1. The molecule has 0 radical (unpaired) electrons. The molecule has 1 heterocycles. The molecule has 6 heteroatoms. The summed E-state index contributed by atoms with van der Waals surface area (Å²) in [6.07, 6.45) is 1.66. The molecule has 1 aliphatic rings. The van der Waals surface area contributed by atoms with Crippen LogP contribution in [0.15, 0.2) is 42.2 Å². The quantitative estimate of drug-likeness (QED) is 0.846. The lowest BCUT2D eigenvalue weighted by Gasteiger charge is -2.09. The summed E-state index contributed by atoms with van der Waals surface area (Å²) in [5, 5.41) is 0. The number of ketones is 1. The molecule has 25 heavy (non-hydrogen) atoms. The van der Waals surface area contributed by atoms with Gasteiger partial charge < -0.3 is 19.9 Å². The Morgan fingerprint density at radius 2 is 2.08 bits per heavy atom. The van der Waals surface area contributed by atoms with Crippen LogP contribution in [0.2, 0.25) is 0 Å². The number of hydrogen-bond acceptors (Lipinski definition) is 5. The maximum Gasteiger partial charge on any atom is 0.255 e. The van der Waals surface area contributed by atoms with Crippen LogP contribution in [0.1, 0.15) is 21.5 Å². The number of carbonyl (C=O) groups excluding carboxylic acids is 2. The van der Waals surface area contributed by atoms with Crippen molar-refractivity contribution in [1.82, 2.24) is 0 Å². The first-order valence-corrected chi connectivity index (χ1v) is 7.62. The van der Waals surface area contributed by atoms with Gasteiger partial charge in [0, 0.05) is 5.56 Å². The number of nitrogens with two attached hydrogens (primary N) is 1. The molecular weight excluding hydrogens is 322 g/mol. The van der Waals surface area contributed by atoms with Gasteiger partial charge in [0.15, 0.2) is 12.4 Å². The highest BCUT2D eigenvalue weighted by molar-refractivity contribution is 6.15. The normalized spacial score (nSPS) is 14.2. The molecule has 2 aromatic rings. The summed E-state index contributed by atoms with van der Waals surface area (Å²) in [5.74, 6) is 1.01. The van der Waals surface area contributed by atoms with Crippen molar-refractivity contribution in [3.8, 4) is 17.2 Å². The van der Waals surface area contributed by atoms with Crippen LogP contribution in [0.25, 0.3) is 6.08 Å². The van der Waals surface area contributed by atoms with E-state index >= 15 is 0 Å². The lowest BCUT2D eigenvalue weighted by Crippen LogP contribution is -2.20. The minimum absolute atomic E-state index is 0.206. The predicted octanol–water partition coefficient (Wildman–Crippen LogP) is 2.48. The van der Waals surface area contributed by atoms with Crippen molar-refractivity contribution in [2.75, 3.05) is 13.7 Å². The van der Waals surface area contributed by atoms with Crippen LogP contribution in [0.4, 0.5) is 0 Å². The zero-order valence-corrected chi connectivity index (χ0v) is 13.9. The Hall–Kier alpha value is -3.28. The van der Waals surface area contributed by atoms with Crippen LogP contribution >= 0.6 is 0 Å². The van der Waals surface area contributed by atoms with E-state index in [1.54, 1.807) is 38.3 Å². The SMILES string of the molecule is COc1cccc(/C=C2\Oc3c(ccc(OCC(N)=O)c3C)C2=O)c1. The molecule has 0 aromatic heterocycles. The first kappa shape index (κ1) is 16.6. The number of benzene rings is 2. The molecule has 0 atom stereocenters. The summed E-state index contributed by atoms with van der Waals surface area (Å²) in [5.41, 5.74) is 6.97. The maximum absolute atomic E-state index is 12.5. The highest BCUT2D eigenvalue weighted by Crippen LogP contribution is 2.39. The molecule has 0 saturated carbocycles. The summed E-state index contributed by atoms with van der Waals surface area (Å²) >= 11 is 0. The highest BCUT2D eigenvalue weighted by atomic mass is 16.5. The number of ether oxygens (including phenoxy) is 3. The number of allylic oxidation sites excluding steroid dienone is 1. The Labute approximate surface area is 144 Å². The zero-order valence-electron chi connectivity index (χ0n) is 13.9. The Morgan fingerprint density at radius 1 is 1.28 bits per heavy atom. The Kier molecular flexibility index (Phi) is 4.43. The summed E-state index contributed by atoms with van der Waals surface area (Å²) in [4.78, 5) is 23.4. The van der Waals surface area contributed by atoms with Gasteiger partial charge in [0.2, 0.25) is 5.78 Å². The summed E-state index contributed by atoms with van der Waals surface area (Å²) < 4.78 is 16.3. The fourth-order valence-electron chi connectivity index (χ4n) is 2.56. The van der Waals surface area contributed by atoms with E-state index < -0.39 is 5.91 Å². The topological polar surface area (TPSA) is 87.8 Å². The van der Waals surface area contributed by atoms with Gasteiger partial charge in [-0.1, -0.05) is 12.1 Å². The number of carbonyl (C=O) groups is 2. The number of methoxy groups -OCH3 is 1. The van der Waals surface area contributed by atoms with Crippen LogP contribution in [0, 0.1) is 6.92 Å². The average molecular weight is 339 g/mol. The molecule has 0 bridgehead atoms. The number of rotatable bonds is 5. The Bertz CT molecular complexity index is 885. The van der Waals surface area contributed by atoms with E-state index in [0.29, 0.717) is 28.4 Å². The fraction of sp³-hybridized carbons (Fsp3) is 0.158. The van der Waals surface area contributed by atoms with Crippen LogP contribution < -0.4 is 19.9 Å². The Morgan fingerprint density at radius 3 is 2.80 bits per heavy atom. The lowest BCUT2D eigenvalue weighted by molar-refractivity contribution is -0.119. The molecule has 1 amide bonds. The smallest absolute Gasteiger partial charge is 0.255 e. The molecule has 0 spiro atoms. The van der Waals surface area contributed by atoms with E-state index in [-0.39, 0.29) is 18.1 Å². The van der Waals surface area contributed by atoms with E-state index in [9.17, 15) is 9.59 Å². The van der Waals surface area contributed by atoms with Gasteiger partial charge in [-0.15, -0.1) is 0 Å². The summed E-state index contributed by atoms with van der Waals surface area (Å²) in [6, 6.07) is 10.6. The van der Waals surface area contributed by atoms with Gasteiger partial charge >= 0.3 is 0 Å². The van der Waals surface area contributed by atoms with Crippen molar-refractivity contribution in [3.63, 3.8) is 0 Å². The molecule has 128 valence electrons.